The fraction of sp³-hybridized carbons (Fsp3) is 0.386. The van der Waals surface area contributed by atoms with E-state index in [1.165, 1.54) is 18.4 Å². The van der Waals surface area contributed by atoms with E-state index in [0.29, 0.717) is 99.7 Å². The smallest absolute Gasteiger partial charge is 0.490 e. The zero-order valence-corrected chi connectivity index (χ0v) is 39.6. The standard InChI is InChI=1S/C42H51N13O7S.C2HF3O2/c1-6-54-30(19-25(3)49-54)39(58)46-41-45-29-21-27(37(43)56)22-33(62-16-10-11-51-14-17-61-18-15-51)35(29)52(41)12-8-9-13-53-36-32(60-5)23-28(38(57)48-44)24-34(36)63-42(53)47-40(59)31-20-26(4)50-55(31)7-2;3-2(4,5)1(6)7/h8-9,19-24H,6-7,10-18,44H2,1-5H3,(H2,43,56)(H,48,57)(H,45,46,58);(H,6,7)/b9-8+,47-42-;. The number of nitrogens with two attached hydrogens (primary N) is 2. The van der Waals surface area contributed by atoms with Crippen molar-refractivity contribution in [1.82, 2.24) is 44.0 Å². The molecular weight excluding hydrogens is 944 g/mol. The summed E-state index contributed by atoms with van der Waals surface area (Å²) in [7, 11) is 1.49. The van der Waals surface area contributed by atoms with Gasteiger partial charge >= 0.3 is 12.1 Å². The van der Waals surface area contributed by atoms with Gasteiger partial charge in [-0.1, -0.05) is 23.5 Å². The van der Waals surface area contributed by atoms with E-state index in [-0.39, 0.29) is 30.2 Å². The number of hydrogen-bond acceptors (Lipinski definition) is 14. The number of nitrogens with one attached hydrogen (secondary N) is 2. The van der Waals surface area contributed by atoms with Gasteiger partial charge in [-0.25, -0.2) is 15.6 Å². The van der Waals surface area contributed by atoms with Gasteiger partial charge in [0.2, 0.25) is 11.9 Å². The topological polar surface area (TPSA) is 283 Å². The zero-order chi connectivity index (χ0) is 50.9. The molecule has 0 radical (unpaired) electrons. The number of aliphatic carboxylic acids is 1. The number of ether oxygens (including phenoxy) is 3. The fourth-order valence-corrected chi connectivity index (χ4v) is 8.54. The predicted molar refractivity (Wildman–Crippen MR) is 250 cm³/mol. The number of aromatic nitrogens is 7. The van der Waals surface area contributed by atoms with E-state index in [2.05, 4.69) is 30.8 Å². The first-order valence-electron chi connectivity index (χ1n) is 21.8. The molecule has 2 aromatic carbocycles. The normalized spacial score (nSPS) is 13.4. The molecule has 5 heterocycles. The summed E-state index contributed by atoms with van der Waals surface area (Å²) in [5.74, 6) is 1.57. The molecular formula is C44H52F3N13O9S. The molecule has 7 N–H and O–H groups in total. The van der Waals surface area contributed by atoms with E-state index in [1.54, 1.807) is 50.3 Å². The Labute approximate surface area is 401 Å². The van der Waals surface area contributed by atoms with Gasteiger partial charge in [0, 0.05) is 56.9 Å². The monoisotopic (exact) mass is 995 g/mol. The van der Waals surface area contributed by atoms with Crippen molar-refractivity contribution in [3.8, 4) is 11.5 Å². The van der Waals surface area contributed by atoms with Crippen molar-refractivity contribution in [2.24, 2.45) is 16.6 Å². The number of allylic oxidation sites excluding steroid dienone is 2. The van der Waals surface area contributed by atoms with Gasteiger partial charge in [0.15, 0.2) is 4.80 Å². The van der Waals surface area contributed by atoms with Gasteiger partial charge in [-0.2, -0.15) is 28.4 Å². The first-order chi connectivity index (χ1) is 33.4. The van der Waals surface area contributed by atoms with Crippen LogP contribution in [0, 0.1) is 13.8 Å². The molecule has 4 amide bonds. The molecule has 1 fully saturated rings. The van der Waals surface area contributed by atoms with Crippen molar-refractivity contribution in [1.29, 1.82) is 0 Å². The number of halogens is 3. The van der Waals surface area contributed by atoms with Crippen LogP contribution in [0.4, 0.5) is 19.1 Å². The first kappa shape index (κ1) is 52.0. The highest BCUT2D eigenvalue weighted by Crippen LogP contribution is 2.33. The summed E-state index contributed by atoms with van der Waals surface area (Å²) in [6.07, 6.45) is -0.615. The number of imidazole rings is 1. The lowest BCUT2D eigenvalue weighted by Gasteiger charge is -2.26. The molecule has 1 aliphatic rings. The van der Waals surface area contributed by atoms with Crippen LogP contribution in [0.1, 0.15) is 73.3 Å². The Kier molecular flexibility index (Phi) is 16.9. The number of morpholine rings is 1. The minimum absolute atomic E-state index is 0.180. The molecule has 4 aromatic heterocycles. The van der Waals surface area contributed by atoms with Crippen LogP contribution in [0.3, 0.4) is 0 Å². The molecule has 0 atom stereocenters. The molecule has 0 bridgehead atoms. The second-order valence-electron chi connectivity index (χ2n) is 15.5. The minimum atomic E-state index is -5.08. The summed E-state index contributed by atoms with van der Waals surface area (Å²) in [6.45, 7) is 12.9. The van der Waals surface area contributed by atoms with Crippen LogP contribution < -0.4 is 36.6 Å². The highest BCUT2D eigenvalue weighted by Gasteiger charge is 2.38. The lowest BCUT2D eigenvalue weighted by atomic mass is 10.1. The van der Waals surface area contributed by atoms with E-state index in [4.69, 9.17) is 40.7 Å². The van der Waals surface area contributed by atoms with Gasteiger partial charge in [-0.05, 0) is 70.5 Å². The molecule has 0 saturated carbocycles. The number of hydrogen-bond donors (Lipinski definition) is 5. The molecule has 1 saturated heterocycles. The number of primary amides is 1. The number of alkyl halides is 3. The Balaban J connectivity index is 0.00000107. The van der Waals surface area contributed by atoms with E-state index in [0.717, 1.165) is 19.6 Å². The maximum Gasteiger partial charge on any atom is 0.490 e. The fourth-order valence-electron chi connectivity index (χ4n) is 7.45. The van der Waals surface area contributed by atoms with Crippen molar-refractivity contribution in [2.75, 3.05) is 51.9 Å². The van der Waals surface area contributed by atoms with Crippen molar-refractivity contribution in [3.05, 3.63) is 87.3 Å². The SMILES string of the molecule is CCn1nc(C)cc1C(=O)/N=c1\sc2cc(C(=O)NN)cc(OC)c2n1C/C=C/Cn1c(NC(=O)c2cc(C)nn2CC)nc2cc(C(N)=O)cc(OCCCN3CCOCC3)c21.O=C(O)C(F)(F)F. The number of nitrogen functional groups attached to an aromatic ring is 1. The summed E-state index contributed by atoms with van der Waals surface area (Å²) >= 11 is 1.21. The maximum absolute atomic E-state index is 13.8. The summed E-state index contributed by atoms with van der Waals surface area (Å²) in [4.78, 5) is 73.6. The molecule has 1 aliphatic heterocycles. The number of carboxylic acids is 1. The predicted octanol–water partition coefficient (Wildman–Crippen LogP) is 3.80. The minimum Gasteiger partial charge on any atom is -0.494 e. The van der Waals surface area contributed by atoms with Crippen LogP contribution >= 0.6 is 11.3 Å². The number of hydrazine groups is 1. The number of methoxy groups -OCH3 is 1. The number of aryl methyl sites for hydroxylation is 4. The third-order valence-corrected chi connectivity index (χ3v) is 11.7. The van der Waals surface area contributed by atoms with E-state index in [1.807, 2.05) is 44.4 Å². The van der Waals surface area contributed by atoms with Crippen molar-refractivity contribution < 1.29 is 56.5 Å². The van der Waals surface area contributed by atoms with Gasteiger partial charge in [0.1, 0.15) is 33.9 Å². The Bertz CT molecular complexity index is 3020. The Morgan fingerprint density at radius 2 is 1.50 bits per heavy atom. The van der Waals surface area contributed by atoms with Gasteiger partial charge in [-0.3, -0.25) is 44.2 Å². The van der Waals surface area contributed by atoms with Gasteiger partial charge in [0.25, 0.3) is 17.7 Å². The molecule has 22 nitrogen and oxygen atoms in total. The maximum atomic E-state index is 13.8. The van der Waals surface area contributed by atoms with Crippen molar-refractivity contribution in [2.45, 2.75) is 66.5 Å². The number of anilines is 1. The molecule has 7 rings (SSSR count). The van der Waals surface area contributed by atoms with Crippen LogP contribution in [0.2, 0.25) is 0 Å². The molecule has 26 heteroatoms. The third-order valence-electron chi connectivity index (χ3n) is 10.7. The molecule has 0 aliphatic carbocycles. The van der Waals surface area contributed by atoms with Crippen LogP contribution in [0.25, 0.3) is 21.3 Å². The largest absolute Gasteiger partial charge is 0.494 e. The first-order valence-corrected chi connectivity index (χ1v) is 22.6. The highest BCUT2D eigenvalue weighted by molar-refractivity contribution is 7.16. The average Bonchev–Trinajstić information content (AvgIpc) is 4.10. The molecule has 0 unspecified atom stereocenters. The molecule has 374 valence electrons. The average molecular weight is 996 g/mol. The number of carbonyl (C=O) groups excluding carboxylic acids is 4. The lowest BCUT2D eigenvalue weighted by Crippen LogP contribution is -2.37. The van der Waals surface area contributed by atoms with Crippen LogP contribution in [-0.4, -0.2) is 126 Å². The quantitative estimate of drug-likeness (QED) is 0.0286. The number of benzene rings is 2. The number of fused-ring (bicyclic) bond motifs is 2. The molecule has 70 heavy (non-hydrogen) atoms. The van der Waals surface area contributed by atoms with Gasteiger partial charge in [-0.15, -0.1) is 0 Å². The van der Waals surface area contributed by atoms with Crippen LogP contribution in [0.5, 0.6) is 11.5 Å². The second kappa shape index (κ2) is 22.8. The summed E-state index contributed by atoms with van der Waals surface area (Å²) in [6, 6.07) is 9.79. The summed E-state index contributed by atoms with van der Waals surface area (Å²) < 4.78 is 56.8. The number of carbonyl (C=O) groups is 5. The third kappa shape index (κ3) is 12.2. The number of carboxylic acid groups (broad SMARTS) is 1. The Morgan fingerprint density at radius 1 is 0.886 bits per heavy atom. The van der Waals surface area contributed by atoms with Crippen molar-refractivity contribution in [3.63, 3.8) is 0 Å². The van der Waals surface area contributed by atoms with Gasteiger partial charge < -0.3 is 34.2 Å². The number of thiazole rings is 1. The molecule has 0 spiro atoms. The summed E-state index contributed by atoms with van der Waals surface area (Å²) in [5.41, 5.74) is 12.0. The van der Waals surface area contributed by atoms with Gasteiger partial charge in [0.05, 0.1) is 48.5 Å². The van der Waals surface area contributed by atoms with E-state index in [9.17, 15) is 32.3 Å². The van der Waals surface area contributed by atoms with E-state index < -0.39 is 35.8 Å². The number of rotatable bonds is 17. The van der Waals surface area contributed by atoms with E-state index >= 15 is 0 Å². The Hall–Kier alpha value is -7.42. The van der Waals surface area contributed by atoms with Crippen LogP contribution in [0.15, 0.2) is 53.5 Å². The molecule has 6 aromatic rings. The lowest BCUT2D eigenvalue weighted by molar-refractivity contribution is -0.192. The number of nitrogens with zero attached hydrogens (tertiary/aromatic N) is 9. The number of amides is 4. The zero-order valence-electron chi connectivity index (χ0n) is 38.8. The van der Waals surface area contributed by atoms with Crippen LogP contribution in [-0.2, 0) is 35.7 Å². The Morgan fingerprint density at radius 3 is 2.10 bits per heavy atom. The summed E-state index contributed by atoms with van der Waals surface area (Å²) in [5, 5.41) is 18.9. The second-order valence-corrected chi connectivity index (χ2v) is 16.5. The van der Waals surface area contributed by atoms with Crippen molar-refractivity contribution >= 4 is 68.1 Å². The highest BCUT2D eigenvalue weighted by atomic mass is 32.1.